The van der Waals surface area contributed by atoms with Gasteiger partial charge in [0.05, 0.1) is 12.6 Å². The quantitative estimate of drug-likeness (QED) is 0.792. The lowest BCUT2D eigenvalue weighted by Gasteiger charge is -2.13. The van der Waals surface area contributed by atoms with Crippen LogP contribution >= 0.6 is 0 Å². The second-order valence-electron chi connectivity index (χ2n) is 4.30. The third-order valence-electron chi connectivity index (χ3n) is 2.86. The van der Waals surface area contributed by atoms with Crippen molar-refractivity contribution in [3.8, 4) is 0 Å². The van der Waals surface area contributed by atoms with E-state index in [9.17, 15) is 9.90 Å². The van der Waals surface area contributed by atoms with Crippen molar-refractivity contribution in [3.63, 3.8) is 0 Å². The average Bonchev–Trinajstić information content (AvgIpc) is 2.93. The van der Waals surface area contributed by atoms with Gasteiger partial charge in [0.25, 0.3) is 5.56 Å². The standard InChI is InChI=1S/C11H16N2O2/c1-7-5-11(15)13(8(2)12-7)6-10(14)9-3-4-9/h5,9-10,14H,3-4,6H2,1-2H3. The van der Waals surface area contributed by atoms with Gasteiger partial charge < -0.3 is 5.11 Å². The molecule has 1 aliphatic carbocycles. The third kappa shape index (κ3) is 2.26. The monoisotopic (exact) mass is 208 g/mol. The molecule has 1 N–H and O–H groups in total. The van der Waals surface area contributed by atoms with Crippen LogP contribution in [0.2, 0.25) is 0 Å². The van der Waals surface area contributed by atoms with E-state index in [4.69, 9.17) is 0 Å². The number of hydrogen-bond donors (Lipinski definition) is 1. The van der Waals surface area contributed by atoms with E-state index in [-0.39, 0.29) is 5.56 Å². The molecule has 0 aromatic carbocycles. The summed E-state index contributed by atoms with van der Waals surface area (Å²) >= 11 is 0. The molecular weight excluding hydrogens is 192 g/mol. The molecule has 0 radical (unpaired) electrons. The van der Waals surface area contributed by atoms with Crippen molar-refractivity contribution in [2.24, 2.45) is 5.92 Å². The van der Waals surface area contributed by atoms with Gasteiger partial charge in [-0.1, -0.05) is 0 Å². The molecule has 1 fully saturated rings. The smallest absolute Gasteiger partial charge is 0.253 e. The largest absolute Gasteiger partial charge is 0.391 e. The molecular formula is C11H16N2O2. The summed E-state index contributed by atoms with van der Waals surface area (Å²) in [5, 5.41) is 9.77. The van der Waals surface area contributed by atoms with Gasteiger partial charge in [0.2, 0.25) is 0 Å². The van der Waals surface area contributed by atoms with E-state index in [0.717, 1.165) is 18.5 Å². The third-order valence-corrected chi connectivity index (χ3v) is 2.86. The maximum absolute atomic E-state index is 11.7. The number of aliphatic hydroxyl groups is 1. The number of hydrogen-bond acceptors (Lipinski definition) is 3. The van der Waals surface area contributed by atoms with Gasteiger partial charge in [0.15, 0.2) is 0 Å². The minimum Gasteiger partial charge on any atom is -0.391 e. The fourth-order valence-corrected chi connectivity index (χ4v) is 1.80. The van der Waals surface area contributed by atoms with Crippen LogP contribution in [0.25, 0.3) is 0 Å². The molecule has 0 aliphatic heterocycles. The molecule has 82 valence electrons. The van der Waals surface area contributed by atoms with Crippen molar-refractivity contribution in [2.75, 3.05) is 0 Å². The van der Waals surface area contributed by atoms with Gasteiger partial charge in [-0.05, 0) is 32.6 Å². The molecule has 1 aromatic rings. The Morgan fingerprint density at radius 2 is 2.27 bits per heavy atom. The van der Waals surface area contributed by atoms with Crippen molar-refractivity contribution in [3.05, 3.63) is 27.9 Å². The van der Waals surface area contributed by atoms with E-state index in [1.165, 1.54) is 6.07 Å². The van der Waals surface area contributed by atoms with Gasteiger partial charge in [-0.2, -0.15) is 0 Å². The lowest BCUT2D eigenvalue weighted by molar-refractivity contribution is 0.129. The van der Waals surface area contributed by atoms with E-state index in [0.29, 0.717) is 18.3 Å². The summed E-state index contributed by atoms with van der Waals surface area (Å²) in [5.41, 5.74) is 0.661. The van der Waals surface area contributed by atoms with E-state index in [1.54, 1.807) is 18.4 Å². The Labute approximate surface area is 88.6 Å². The van der Waals surface area contributed by atoms with E-state index >= 15 is 0 Å². The van der Waals surface area contributed by atoms with Crippen LogP contribution in [0.1, 0.15) is 24.4 Å². The Bertz CT molecular complexity index is 421. The molecule has 1 atom stereocenters. The molecule has 1 unspecified atom stereocenters. The number of aryl methyl sites for hydroxylation is 2. The number of aromatic nitrogens is 2. The van der Waals surface area contributed by atoms with E-state index < -0.39 is 6.10 Å². The summed E-state index contributed by atoms with van der Waals surface area (Å²) in [6.07, 6.45) is 1.76. The molecule has 0 spiro atoms. The average molecular weight is 208 g/mol. The van der Waals surface area contributed by atoms with Crippen LogP contribution in [-0.2, 0) is 6.54 Å². The zero-order chi connectivity index (χ0) is 11.0. The molecule has 1 aliphatic rings. The summed E-state index contributed by atoms with van der Waals surface area (Å²) in [7, 11) is 0. The predicted molar refractivity (Wildman–Crippen MR) is 56.7 cm³/mol. The zero-order valence-electron chi connectivity index (χ0n) is 9.10. The molecule has 1 aromatic heterocycles. The first-order valence-corrected chi connectivity index (χ1v) is 5.31. The molecule has 4 heteroatoms. The van der Waals surface area contributed by atoms with Crippen molar-refractivity contribution in [1.82, 2.24) is 9.55 Å². The lowest BCUT2D eigenvalue weighted by atomic mass is 10.2. The van der Waals surface area contributed by atoms with Crippen molar-refractivity contribution < 1.29 is 5.11 Å². The van der Waals surface area contributed by atoms with Crippen LogP contribution in [0.3, 0.4) is 0 Å². The Morgan fingerprint density at radius 1 is 1.60 bits per heavy atom. The van der Waals surface area contributed by atoms with Crippen LogP contribution in [-0.4, -0.2) is 20.8 Å². The zero-order valence-corrected chi connectivity index (χ0v) is 9.10. The number of aliphatic hydroxyl groups excluding tert-OH is 1. The molecule has 4 nitrogen and oxygen atoms in total. The van der Waals surface area contributed by atoms with Gasteiger partial charge in [0.1, 0.15) is 5.82 Å². The van der Waals surface area contributed by atoms with Gasteiger partial charge in [-0.3, -0.25) is 9.36 Å². The minimum absolute atomic E-state index is 0.0697. The molecule has 0 bridgehead atoms. The first-order valence-electron chi connectivity index (χ1n) is 5.31. The molecule has 15 heavy (non-hydrogen) atoms. The lowest BCUT2D eigenvalue weighted by Crippen LogP contribution is -2.30. The Hall–Kier alpha value is -1.16. The SMILES string of the molecule is Cc1cc(=O)n(CC(O)C2CC2)c(C)n1. The van der Waals surface area contributed by atoms with Gasteiger partial charge in [0, 0.05) is 11.8 Å². The van der Waals surface area contributed by atoms with Crippen molar-refractivity contribution in [1.29, 1.82) is 0 Å². The summed E-state index contributed by atoms with van der Waals surface area (Å²) in [5.74, 6) is 1.07. The van der Waals surface area contributed by atoms with Crippen molar-refractivity contribution in [2.45, 2.75) is 39.3 Å². The topological polar surface area (TPSA) is 55.1 Å². The van der Waals surface area contributed by atoms with Crippen LogP contribution < -0.4 is 5.56 Å². The van der Waals surface area contributed by atoms with Crippen LogP contribution in [0, 0.1) is 19.8 Å². The first kappa shape index (κ1) is 10.4. The molecule has 1 heterocycles. The van der Waals surface area contributed by atoms with Crippen LogP contribution in [0.15, 0.2) is 10.9 Å². The van der Waals surface area contributed by atoms with Crippen molar-refractivity contribution >= 4 is 0 Å². The Kier molecular flexibility index (Phi) is 2.61. The highest BCUT2D eigenvalue weighted by molar-refractivity contribution is 5.02. The summed E-state index contributed by atoms with van der Waals surface area (Å²) < 4.78 is 1.55. The summed E-state index contributed by atoms with van der Waals surface area (Å²) in [6, 6.07) is 1.51. The van der Waals surface area contributed by atoms with Gasteiger partial charge in [-0.15, -0.1) is 0 Å². The highest BCUT2D eigenvalue weighted by atomic mass is 16.3. The molecule has 2 rings (SSSR count). The van der Waals surface area contributed by atoms with Crippen LogP contribution in [0.4, 0.5) is 0 Å². The first-order chi connectivity index (χ1) is 7.08. The molecule has 0 saturated heterocycles. The molecule has 0 amide bonds. The predicted octanol–water partition coefficient (Wildman–Crippen LogP) is 0.631. The van der Waals surface area contributed by atoms with E-state index in [2.05, 4.69) is 4.98 Å². The Balaban J connectivity index is 2.23. The Morgan fingerprint density at radius 3 is 2.80 bits per heavy atom. The van der Waals surface area contributed by atoms with Crippen LogP contribution in [0.5, 0.6) is 0 Å². The highest BCUT2D eigenvalue weighted by Crippen LogP contribution is 2.33. The minimum atomic E-state index is -0.397. The van der Waals surface area contributed by atoms with Gasteiger partial charge >= 0.3 is 0 Å². The van der Waals surface area contributed by atoms with E-state index in [1.807, 2.05) is 0 Å². The highest BCUT2D eigenvalue weighted by Gasteiger charge is 2.30. The maximum atomic E-state index is 11.7. The normalized spacial score (nSPS) is 17.8. The fraction of sp³-hybridized carbons (Fsp3) is 0.636. The molecule has 1 saturated carbocycles. The fourth-order valence-electron chi connectivity index (χ4n) is 1.80. The maximum Gasteiger partial charge on any atom is 0.253 e. The number of rotatable bonds is 3. The van der Waals surface area contributed by atoms with Gasteiger partial charge in [-0.25, -0.2) is 4.98 Å². The number of nitrogens with zero attached hydrogens (tertiary/aromatic N) is 2. The summed E-state index contributed by atoms with van der Waals surface area (Å²) in [6.45, 7) is 3.98. The second-order valence-corrected chi connectivity index (χ2v) is 4.30. The summed E-state index contributed by atoms with van der Waals surface area (Å²) in [4.78, 5) is 15.9. The second kappa shape index (κ2) is 3.77.